The number of halogens is 1. The summed E-state index contributed by atoms with van der Waals surface area (Å²) in [5, 5.41) is 3.17. The van der Waals surface area contributed by atoms with Crippen molar-refractivity contribution in [3.8, 4) is 5.75 Å². The summed E-state index contributed by atoms with van der Waals surface area (Å²) in [7, 11) is 1.51. The van der Waals surface area contributed by atoms with Gasteiger partial charge in [0.1, 0.15) is 11.6 Å². The highest BCUT2D eigenvalue weighted by atomic mass is 32.2. The molecular formula is C17H18FN3O2S2. The van der Waals surface area contributed by atoms with Gasteiger partial charge in [0.25, 0.3) is 5.91 Å². The maximum absolute atomic E-state index is 12.8. The minimum absolute atomic E-state index is 0.248. The van der Waals surface area contributed by atoms with Gasteiger partial charge in [-0.15, -0.1) is 11.8 Å². The molecule has 8 heteroatoms. The highest BCUT2D eigenvalue weighted by Crippen LogP contribution is 2.25. The summed E-state index contributed by atoms with van der Waals surface area (Å²) in [6.07, 6.45) is 1.95. The number of thiocarbonyl (C=S) groups is 1. The molecule has 1 amide bonds. The van der Waals surface area contributed by atoms with E-state index in [2.05, 4.69) is 16.2 Å². The molecule has 0 aromatic heterocycles. The molecular weight excluding hydrogens is 361 g/mol. The molecule has 0 aliphatic rings. The van der Waals surface area contributed by atoms with Crippen LogP contribution in [0.1, 0.15) is 15.9 Å². The van der Waals surface area contributed by atoms with Gasteiger partial charge in [0.15, 0.2) is 5.11 Å². The molecule has 0 heterocycles. The Hall–Kier alpha value is -2.32. The first kappa shape index (κ1) is 19.0. The molecule has 0 atom stereocenters. The summed E-state index contributed by atoms with van der Waals surface area (Å²) in [5.74, 6) is -0.176. The maximum atomic E-state index is 12.8. The highest BCUT2D eigenvalue weighted by molar-refractivity contribution is 7.98. The van der Waals surface area contributed by atoms with E-state index in [9.17, 15) is 9.18 Å². The molecule has 3 N–H and O–H groups in total. The summed E-state index contributed by atoms with van der Waals surface area (Å²) in [6.45, 7) is 0.410. The standard InChI is InChI=1S/C17H18FN3O2S2/c1-23-15-9-13(25-2)7-8-14(15)16(22)20-21-17(24)19-10-11-3-5-12(18)6-4-11/h3-9H,10H2,1-2H3,(H,20,22)(H2,19,21,24). The zero-order valence-electron chi connectivity index (χ0n) is 13.8. The zero-order chi connectivity index (χ0) is 18.2. The molecule has 25 heavy (non-hydrogen) atoms. The monoisotopic (exact) mass is 379 g/mol. The van der Waals surface area contributed by atoms with Crippen LogP contribution in [0.15, 0.2) is 47.4 Å². The second kappa shape index (κ2) is 9.24. The normalized spacial score (nSPS) is 10.0. The van der Waals surface area contributed by atoms with E-state index in [-0.39, 0.29) is 16.8 Å². The lowest BCUT2D eigenvalue weighted by Crippen LogP contribution is -2.46. The summed E-state index contributed by atoms with van der Waals surface area (Å²) in [5.41, 5.74) is 6.41. The van der Waals surface area contributed by atoms with Gasteiger partial charge in [-0.1, -0.05) is 12.1 Å². The van der Waals surface area contributed by atoms with Crippen molar-refractivity contribution in [1.82, 2.24) is 16.2 Å². The van der Waals surface area contributed by atoms with Crippen molar-refractivity contribution < 1.29 is 13.9 Å². The third-order valence-corrected chi connectivity index (χ3v) is 4.28. The summed E-state index contributed by atoms with van der Waals surface area (Å²) >= 11 is 6.66. The quantitative estimate of drug-likeness (QED) is 0.422. The molecule has 0 aliphatic heterocycles. The van der Waals surface area contributed by atoms with Gasteiger partial charge in [-0.25, -0.2) is 4.39 Å². The van der Waals surface area contributed by atoms with Gasteiger partial charge in [-0.05, 0) is 54.4 Å². The van der Waals surface area contributed by atoms with Crippen LogP contribution < -0.4 is 20.9 Å². The van der Waals surface area contributed by atoms with E-state index in [0.717, 1.165) is 10.5 Å². The van der Waals surface area contributed by atoms with Crippen molar-refractivity contribution in [2.45, 2.75) is 11.4 Å². The molecule has 0 aliphatic carbocycles. The minimum Gasteiger partial charge on any atom is -0.496 e. The van der Waals surface area contributed by atoms with Crippen molar-refractivity contribution >= 4 is 35.0 Å². The smallest absolute Gasteiger partial charge is 0.273 e. The molecule has 132 valence electrons. The van der Waals surface area contributed by atoms with Crippen LogP contribution in [0, 0.1) is 5.82 Å². The number of rotatable bonds is 5. The van der Waals surface area contributed by atoms with Gasteiger partial charge >= 0.3 is 0 Å². The average Bonchev–Trinajstić information content (AvgIpc) is 2.65. The van der Waals surface area contributed by atoms with E-state index in [0.29, 0.717) is 17.9 Å². The van der Waals surface area contributed by atoms with Crippen molar-refractivity contribution in [2.75, 3.05) is 13.4 Å². The Labute approximate surface area is 155 Å². The number of carbonyl (C=O) groups excluding carboxylic acids is 1. The second-order valence-corrected chi connectivity index (χ2v) is 6.24. The fraction of sp³-hybridized carbons (Fsp3) is 0.176. The van der Waals surface area contributed by atoms with Crippen molar-refractivity contribution in [3.05, 3.63) is 59.4 Å². The largest absolute Gasteiger partial charge is 0.496 e. The van der Waals surface area contributed by atoms with Crippen LogP contribution in [-0.4, -0.2) is 24.4 Å². The van der Waals surface area contributed by atoms with Gasteiger partial charge in [0.05, 0.1) is 12.7 Å². The average molecular weight is 379 g/mol. The van der Waals surface area contributed by atoms with E-state index in [4.69, 9.17) is 17.0 Å². The molecule has 0 radical (unpaired) electrons. The summed E-state index contributed by atoms with van der Waals surface area (Å²) in [4.78, 5) is 13.2. The SMILES string of the molecule is COc1cc(SC)ccc1C(=O)NNC(=S)NCc1ccc(F)cc1. The fourth-order valence-electron chi connectivity index (χ4n) is 2.00. The summed E-state index contributed by atoms with van der Waals surface area (Å²) in [6, 6.07) is 11.4. The van der Waals surface area contributed by atoms with Gasteiger partial charge < -0.3 is 10.1 Å². The van der Waals surface area contributed by atoms with E-state index in [1.54, 1.807) is 36.0 Å². The van der Waals surface area contributed by atoms with Gasteiger partial charge in [-0.2, -0.15) is 0 Å². The first-order valence-corrected chi connectivity index (χ1v) is 8.97. The van der Waals surface area contributed by atoms with Gasteiger partial charge in [0.2, 0.25) is 0 Å². The van der Waals surface area contributed by atoms with Crippen LogP contribution >= 0.6 is 24.0 Å². The molecule has 2 aromatic carbocycles. The van der Waals surface area contributed by atoms with Crippen molar-refractivity contribution in [1.29, 1.82) is 0 Å². The van der Waals surface area contributed by atoms with Gasteiger partial charge in [0, 0.05) is 11.4 Å². The Kier molecular flexibility index (Phi) is 7.03. The third kappa shape index (κ3) is 5.61. The third-order valence-electron chi connectivity index (χ3n) is 3.31. The van der Waals surface area contributed by atoms with E-state index >= 15 is 0 Å². The number of hydrogen-bond acceptors (Lipinski definition) is 4. The number of amides is 1. The zero-order valence-corrected chi connectivity index (χ0v) is 15.4. The molecule has 2 aromatic rings. The maximum Gasteiger partial charge on any atom is 0.273 e. The Morgan fingerprint density at radius 2 is 1.92 bits per heavy atom. The Morgan fingerprint density at radius 1 is 1.20 bits per heavy atom. The first-order valence-electron chi connectivity index (χ1n) is 7.34. The predicted octanol–water partition coefficient (Wildman–Crippen LogP) is 2.87. The number of benzene rings is 2. The second-order valence-electron chi connectivity index (χ2n) is 4.95. The lowest BCUT2D eigenvalue weighted by molar-refractivity contribution is 0.0940. The molecule has 0 saturated heterocycles. The molecule has 0 unspecified atom stereocenters. The number of carbonyl (C=O) groups is 1. The number of thioether (sulfide) groups is 1. The highest BCUT2D eigenvalue weighted by Gasteiger charge is 2.13. The molecule has 0 saturated carbocycles. The number of nitrogens with one attached hydrogen (secondary N) is 3. The van der Waals surface area contributed by atoms with Crippen LogP contribution in [0.3, 0.4) is 0 Å². The number of methoxy groups -OCH3 is 1. The van der Waals surface area contributed by atoms with E-state index < -0.39 is 0 Å². The van der Waals surface area contributed by atoms with Crippen LogP contribution in [-0.2, 0) is 6.54 Å². The molecule has 0 spiro atoms. The Morgan fingerprint density at radius 3 is 2.56 bits per heavy atom. The first-order chi connectivity index (χ1) is 12.0. The number of hydrogen-bond donors (Lipinski definition) is 3. The topological polar surface area (TPSA) is 62.4 Å². The van der Waals surface area contributed by atoms with Crippen LogP contribution in [0.4, 0.5) is 4.39 Å². The Balaban J connectivity index is 1.86. The van der Waals surface area contributed by atoms with Crippen LogP contribution in [0.25, 0.3) is 0 Å². The molecule has 0 fully saturated rings. The van der Waals surface area contributed by atoms with Gasteiger partial charge in [-0.3, -0.25) is 15.6 Å². The van der Waals surface area contributed by atoms with Crippen molar-refractivity contribution in [3.63, 3.8) is 0 Å². The van der Waals surface area contributed by atoms with E-state index in [1.165, 1.54) is 19.2 Å². The minimum atomic E-state index is -0.365. The van der Waals surface area contributed by atoms with Crippen LogP contribution in [0.2, 0.25) is 0 Å². The van der Waals surface area contributed by atoms with Crippen LogP contribution in [0.5, 0.6) is 5.75 Å². The molecule has 5 nitrogen and oxygen atoms in total. The Bertz CT molecular complexity index is 754. The fourth-order valence-corrected chi connectivity index (χ4v) is 2.55. The lowest BCUT2D eigenvalue weighted by atomic mass is 10.2. The number of hydrazine groups is 1. The van der Waals surface area contributed by atoms with Crippen molar-refractivity contribution in [2.24, 2.45) is 0 Å². The lowest BCUT2D eigenvalue weighted by Gasteiger charge is -2.13. The molecule has 2 rings (SSSR count). The summed E-state index contributed by atoms with van der Waals surface area (Å²) < 4.78 is 18.1. The number of ether oxygens (including phenoxy) is 1. The predicted molar refractivity (Wildman–Crippen MR) is 101 cm³/mol. The van der Waals surface area contributed by atoms with E-state index in [1.807, 2.05) is 12.3 Å². The molecule has 0 bridgehead atoms.